The fourth-order valence-electron chi connectivity index (χ4n) is 5.14. The van der Waals surface area contributed by atoms with Crippen molar-refractivity contribution < 1.29 is 9.47 Å². The Morgan fingerprint density at radius 2 is 1.80 bits per heavy atom. The van der Waals surface area contributed by atoms with Crippen molar-refractivity contribution in [2.45, 2.75) is 82.0 Å². The van der Waals surface area contributed by atoms with Crippen LogP contribution in [0, 0.1) is 11.3 Å². The van der Waals surface area contributed by atoms with Crippen molar-refractivity contribution in [3.8, 4) is 0 Å². The Labute approximate surface area is 122 Å². The molecule has 3 atom stereocenters. The van der Waals surface area contributed by atoms with Crippen molar-refractivity contribution in [3.05, 3.63) is 0 Å². The largest absolute Gasteiger partial charge is 0.377 e. The molecule has 0 bridgehead atoms. The molecule has 0 radical (unpaired) electrons. The summed E-state index contributed by atoms with van der Waals surface area (Å²) >= 11 is 0. The van der Waals surface area contributed by atoms with Crippen LogP contribution in [0.2, 0.25) is 0 Å². The third-order valence-electron chi connectivity index (χ3n) is 6.45. The normalized spacial score (nSPS) is 43.6. The number of rotatable bonds is 4. The smallest absolute Gasteiger partial charge is 0.0687 e. The van der Waals surface area contributed by atoms with E-state index in [-0.39, 0.29) is 11.0 Å². The number of hydrogen-bond acceptors (Lipinski definition) is 3. The topological polar surface area (TPSA) is 44.5 Å². The summed E-state index contributed by atoms with van der Waals surface area (Å²) in [6, 6.07) is 0. The zero-order valence-electron chi connectivity index (χ0n) is 12.6. The summed E-state index contributed by atoms with van der Waals surface area (Å²) in [4.78, 5) is 0. The van der Waals surface area contributed by atoms with Gasteiger partial charge < -0.3 is 15.2 Å². The molecule has 2 aliphatic heterocycles. The van der Waals surface area contributed by atoms with E-state index in [9.17, 15) is 0 Å². The van der Waals surface area contributed by atoms with E-state index in [0.29, 0.717) is 12.2 Å². The first-order chi connectivity index (χ1) is 9.75. The molecule has 1 spiro atoms. The molecule has 2 saturated heterocycles. The van der Waals surface area contributed by atoms with E-state index in [1.165, 1.54) is 51.4 Å². The fraction of sp³-hybridized carbons (Fsp3) is 1.00. The lowest BCUT2D eigenvalue weighted by Gasteiger charge is -2.36. The van der Waals surface area contributed by atoms with Gasteiger partial charge in [0.05, 0.1) is 17.8 Å². The zero-order chi connectivity index (χ0) is 13.6. The van der Waals surface area contributed by atoms with Crippen molar-refractivity contribution in [1.82, 2.24) is 0 Å². The minimum atomic E-state index is 0.218. The summed E-state index contributed by atoms with van der Waals surface area (Å²) in [6.45, 7) is 1.69. The standard InChI is InChI=1S/C17H29NO2/c18-12-16(9-10-19-15(16)13-3-4-13)11-14-5-8-17(20-14)6-1-2-7-17/h13-15H,1-12,18H2. The van der Waals surface area contributed by atoms with E-state index < -0.39 is 0 Å². The highest BCUT2D eigenvalue weighted by Gasteiger charge is 2.53. The lowest BCUT2D eigenvalue weighted by atomic mass is 9.74. The second-order valence-electron chi connectivity index (χ2n) is 7.82. The monoisotopic (exact) mass is 279 g/mol. The Balaban J connectivity index is 1.44. The van der Waals surface area contributed by atoms with Crippen LogP contribution in [-0.2, 0) is 9.47 Å². The van der Waals surface area contributed by atoms with Crippen LogP contribution in [0.25, 0.3) is 0 Å². The van der Waals surface area contributed by atoms with E-state index in [1.807, 2.05) is 0 Å². The summed E-state index contributed by atoms with van der Waals surface area (Å²) in [5, 5.41) is 0. The first kappa shape index (κ1) is 13.5. The Morgan fingerprint density at radius 3 is 2.50 bits per heavy atom. The van der Waals surface area contributed by atoms with Gasteiger partial charge in [0.1, 0.15) is 0 Å². The van der Waals surface area contributed by atoms with Gasteiger partial charge in [0.2, 0.25) is 0 Å². The van der Waals surface area contributed by atoms with Gasteiger partial charge in [-0.2, -0.15) is 0 Å². The SMILES string of the molecule is NCC1(CC2CCC3(CCCC3)O2)CCOC1C1CC1. The highest BCUT2D eigenvalue weighted by molar-refractivity contribution is 5.03. The lowest BCUT2D eigenvalue weighted by molar-refractivity contribution is -0.0646. The van der Waals surface area contributed by atoms with E-state index >= 15 is 0 Å². The summed E-state index contributed by atoms with van der Waals surface area (Å²) in [6.07, 6.45) is 13.7. The molecule has 4 fully saturated rings. The van der Waals surface area contributed by atoms with Gasteiger partial charge in [-0.05, 0) is 57.3 Å². The molecule has 20 heavy (non-hydrogen) atoms. The minimum absolute atomic E-state index is 0.218. The molecule has 0 aromatic heterocycles. The molecule has 0 aromatic carbocycles. The number of nitrogens with two attached hydrogens (primary N) is 1. The third kappa shape index (κ3) is 2.22. The van der Waals surface area contributed by atoms with Gasteiger partial charge in [-0.3, -0.25) is 0 Å². The van der Waals surface area contributed by atoms with Crippen LogP contribution < -0.4 is 5.73 Å². The Morgan fingerprint density at radius 1 is 1.00 bits per heavy atom. The molecule has 3 nitrogen and oxygen atoms in total. The van der Waals surface area contributed by atoms with Crippen molar-refractivity contribution in [2.24, 2.45) is 17.1 Å². The zero-order valence-corrected chi connectivity index (χ0v) is 12.6. The first-order valence-corrected chi connectivity index (χ1v) is 8.75. The average molecular weight is 279 g/mol. The van der Waals surface area contributed by atoms with Crippen LogP contribution in [0.3, 0.4) is 0 Å². The van der Waals surface area contributed by atoms with E-state index in [2.05, 4.69) is 0 Å². The molecule has 2 N–H and O–H groups in total. The predicted molar refractivity (Wildman–Crippen MR) is 78.5 cm³/mol. The minimum Gasteiger partial charge on any atom is -0.377 e. The summed E-state index contributed by atoms with van der Waals surface area (Å²) in [5.41, 5.74) is 6.69. The van der Waals surface area contributed by atoms with Crippen LogP contribution in [-0.4, -0.2) is 31.0 Å². The maximum absolute atomic E-state index is 6.54. The maximum atomic E-state index is 6.54. The molecule has 2 heterocycles. The van der Waals surface area contributed by atoms with Crippen LogP contribution in [0.1, 0.15) is 64.2 Å². The molecule has 2 saturated carbocycles. The summed E-state index contributed by atoms with van der Waals surface area (Å²) < 4.78 is 12.6. The Bertz CT molecular complexity index is 362. The highest BCUT2D eigenvalue weighted by atomic mass is 16.5. The van der Waals surface area contributed by atoms with Crippen molar-refractivity contribution in [2.75, 3.05) is 13.2 Å². The molecule has 114 valence electrons. The van der Waals surface area contributed by atoms with Crippen molar-refractivity contribution in [1.29, 1.82) is 0 Å². The first-order valence-electron chi connectivity index (χ1n) is 8.75. The van der Waals surface area contributed by atoms with E-state index in [4.69, 9.17) is 15.2 Å². The summed E-state index contributed by atoms with van der Waals surface area (Å²) in [5.74, 6) is 0.794. The molecule has 0 amide bonds. The number of hydrogen-bond donors (Lipinski definition) is 1. The molecule has 4 rings (SSSR count). The van der Waals surface area contributed by atoms with Crippen molar-refractivity contribution in [3.63, 3.8) is 0 Å². The fourth-order valence-corrected chi connectivity index (χ4v) is 5.14. The molecule has 2 aliphatic carbocycles. The van der Waals surface area contributed by atoms with Crippen LogP contribution in [0.5, 0.6) is 0 Å². The molecular formula is C17H29NO2. The molecule has 3 heteroatoms. The van der Waals surface area contributed by atoms with Crippen LogP contribution in [0.4, 0.5) is 0 Å². The van der Waals surface area contributed by atoms with E-state index in [0.717, 1.165) is 31.9 Å². The third-order valence-corrected chi connectivity index (χ3v) is 6.45. The average Bonchev–Trinajstić information content (AvgIpc) is 2.89. The second kappa shape index (κ2) is 4.96. The second-order valence-corrected chi connectivity index (χ2v) is 7.82. The van der Waals surface area contributed by atoms with Gasteiger partial charge in [-0.15, -0.1) is 0 Å². The van der Waals surface area contributed by atoms with Gasteiger partial charge >= 0.3 is 0 Å². The van der Waals surface area contributed by atoms with Gasteiger partial charge in [0, 0.05) is 18.6 Å². The van der Waals surface area contributed by atoms with Gasteiger partial charge in [-0.25, -0.2) is 0 Å². The Kier molecular flexibility index (Phi) is 3.36. The molecular weight excluding hydrogens is 250 g/mol. The van der Waals surface area contributed by atoms with Crippen LogP contribution >= 0.6 is 0 Å². The Hall–Kier alpha value is -0.120. The lowest BCUT2D eigenvalue weighted by Crippen LogP contribution is -2.42. The maximum Gasteiger partial charge on any atom is 0.0687 e. The summed E-state index contributed by atoms with van der Waals surface area (Å²) in [7, 11) is 0. The quantitative estimate of drug-likeness (QED) is 0.860. The molecule has 0 aromatic rings. The number of ether oxygens (including phenoxy) is 2. The van der Waals surface area contributed by atoms with Gasteiger partial charge in [0.15, 0.2) is 0 Å². The van der Waals surface area contributed by atoms with Crippen LogP contribution in [0.15, 0.2) is 0 Å². The van der Waals surface area contributed by atoms with E-state index in [1.54, 1.807) is 0 Å². The van der Waals surface area contributed by atoms with Gasteiger partial charge in [-0.1, -0.05) is 12.8 Å². The predicted octanol–water partition coefficient (Wildman–Crippen LogP) is 3.01. The molecule has 3 unspecified atom stereocenters. The molecule has 4 aliphatic rings. The highest BCUT2D eigenvalue weighted by Crippen LogP contribution is 2.52. The van der Waals surface area contributed by atoms with Crippen molar-refractivity contribution >= 4 is 0 Å². The van der Waals surface area contributed by atoms with Gasteiger partial charge in [0.25, 0.3) is 0 Å².